The summed E-state index contributed by atoms with van der Waals surface area (Å²) in [4.78, 5) is 13.8. The van der Waals surface area contributed by atoms with Crippen LogP contribution in [0.4, 0.5) is 11.4 Å². The lowest BCUT2D eigenvalue weighted by Gasteiger charge is -2.24. The van der Waals surface area contributed by atoms with Gasteiger partial charge in [0.15, 0.2) is 0 Å². The lowest BCUT2D eigenvalue weighted by molar-refractivity contribution is -0.115. The molecule has 0 aliphatic carbocycles. The maximum Gasteiger partial charge on any atom is 0.226 e. The third-order valence-corrected chi connectivity index (χ3v) is 3.50. The van der Waals surface area contributed by atoms with Gasteiger partial charge >= 0.3 is 0 Å². The van der Waals surface area contributed by atoms with Gasteiger partial charge in [-0.15, -0.1) is 0 Å². The van der Waals surface area contributed by atoms with Gasteiger partial charge in [0.05, 0.1) is 11.4 Å². The van der Waals surface area contributed by atoms with Gasteiger partial charge in [0, 0.05) is 24.0 Å². The lowest BCUT2D eigenvalue weighted by atomic mass is 10.2. The van der Waals surface area contributed by atoms with Crippen LogP contribution in [0.3, 0.4) is 0 Å². The number of carbonyl (C=O) groups excluding carboxylic acids is 1. The van der Waals surface area contributed by atoms with Gasteiger partial charge in [0.2, 0.25) is 5.91 Å². The minimum atomic E-state index is 0.0633. The standard InChI is InChI=1S/C12H16BrN3O/c13-9-3-1-4-10-12(9)15-11(17)5-8-16(10)7-2-6-14/h1,3-4H,2,5-8,14H2,(H,15,17). The molecule has 1 heterocycles. The van der Waals surface area contributed by atoms with Crippen molar-refractivity contribution in [1.82, 2.24) is 0 Å². The van der Waals surface area contributed by atoms with Crippen molar-refractivity contribution in [3.05, 3.63) is 22.7 Å². The number of hydrogen-bond donors (Lipinski definition) is 2. The van der Waals surface area contributed by atoms with E-state index < -0.39 is 0 Å². The topological polar surface area (TPSA) is 58.4 Å². The zero-order chi connectivity index (χ0) is 12.3. The summed E-state index contributed by atoms with van der Waals surface area (Å²) in [6.45, 7) is 2.30. The van der Waals surface area contributed by atoms with Crippen molar-refractivity contribution in [1.29, 1.82) is 0 Å². The number of fused-ring (bicyclic) bond motifs is 1. The third kappa shape index (κ3) is 2.79. The van der Waals surface area contributed by atoms with Crippen LogP contribution in [0.2, 0.25) is 0 Å². The molecule has 0 bridgehead atoms. The number of hydrogen-bond acceptors (Lipinski definition) is 3. The van der Waals surface area contributed by atoms with E-state index in [9.17, 15) is 4.79 Å². The van der Waals surface area contributed by atoms with Gasteiger partial charge in [-0.25, -0.2) is 0 Å². The average molecular weight is 298 g/mol. The molecule has 4 nitrogen and oxygen atoms in total. The van der Waals surface area contributed by atoms with Crippen LogP contribution in [-0.4, -0.2) is 25.5 Å². The SMILES string of the molecule is NCCCN1CCC(=O)Nc2c(Br)cccc21. The molecule has 1 amide bonds. The van der Waals surface area contributed by atoms with Crippen molar-refractivity contribution in [2.75, 3.05) is 29.9 Å². The largest absolute Gasteiger partial charge is 0.369 e. The van der Waals surface area contributed by atoms with Gasteiger partial charge in [0.25, 0.3) is 0 Å². The Kier molecular flexibility index (Phi) is 4.02. The van der Waals surface area contributed by atoms with Crippen LogP contribution in [0.25, 0.3) is 0 Å². The Morgan fingerprint density at radius 2 is 2.29 bits per heavy atom. The number of amides is 1. The summed E-state index contributed by atoms with van der Waals surface area (Å²) in [6, 6.07) is 5.95. The second kappa shape index (κ2) is 5.51. The zero-order valence-corrected chi connectivity index (χ0v) is 11.2. The molecule has 0 unspecified atom stereocenters. The Balaban J connectivity index is 2.32. The van der Waals surface area contributed by atoms with Crippen LogP contribution in [-0.2, 0) is 4.79 Å². The summed E-state index contributed by atoms with van der Waals surface area (Å²) >= 11 is 3.47. The summed E-state index contributed by atoms with van der Waals surface area (Å²) in [5.41, 5.74) is 7.48. The van der Waals surface area contributed by atoms with Crippen molar-refractivity contribution in [2.24, 2.45) is 5.73 Å². The van der Waals surface area contributed by atoms with Crippen LogP contribution in [0.5, 0.6) is 0 Å². The minimum absolute atomic E-state index is 0.0633. The molecule has 2 rings (SSSR count). The lowest BCUT2D eigenvalue weighted by Crippen LogP contribution is -2.27. The van der Waals surface area contributed by atoms with E-state index in [4.69, 9.17) is 5.73 Å². The number of nitrogens with zero attached hydrogens (tertiary/aromatic N) is 1. The molecule has 17 heavy (non-hydrogen) atoms. The van der Waals surface area contributed by atoms with Crippen molar-refractivity contribution < 1.29 is 4.79 Å². The van der Waals surface area contributed by atoms with Crippen molar-refractivity contribution in [2.45, 2.75) is 12.8 Å². The van der Waals surface area contributed by atoms with Crippen LogP contribution in [0.15, 0.2) is 22.7 Å². The average Bonchev–Trinajstić information content (AvgIpc) is 2.47. The van der Waals surface area contributed by atoms with Gasteiger partial charge in [-0.2, -0.15) is 0 Å². The van der Waals surface area contributed by atoms with E-state index in [1.54, 1.807) is 0 Å². The molecule has 0 atom stereocenters. The molecule has 5 heteroatoms. The van der Waals surface area contributed by atoms with E-state index in [1.165, 1.54) is 0 Å². The highest BCUT2D eigenvalue weighted by atomic mass is 79.9. The quantitative estimate of drug-likeness (QED) is 0.896. The highest BCUT2D eigenvalue weighted by molar-refractivity contribution is 9.10. The highest BCUT2D eigenvalue weighted by Crippen LogP contribution is 2.35. The van der Waals surface area contributed by atoms with Crippen LogP contribution < -0.4 is 16.0 Å². The Hall–Kier alpha value is -1.07. The van der Waals surface area contributed by atoms with Crippen molar-refractivity contribution in [3.63, 3.8) is 0 Å². The third-order valence-electron chi connectivity index (χ3n) is 2.84. The summed E-state index contributed by atoms with van der Waals surface area (Å²) in [6.07, 6.45) is 1.45. The minimum Gasteiger partial charge on any atom is -0.369 e. The van der Waals surface area contributed by atoms with E-state index in [1.807, 2.05) is 18.2 Å². The molecule has 1 aliphatic heterocycles. The molecular formula is C12H16BrN3O. The number of carbonyl (C=O) groups is 1. The maximum atomic E-state index is 11.6. The van der Waals surface area contributed by atoms with Crippen LogP contribution >= 0.6 is 15.9 Å². The molecule has 1 aliphatic rings. The van der Waals surface area contributed by atoms with Gasteiger partial charge in [0.1, 0.15) is 0 Å². The van der Waals surface area contributed by atoms with Gasteiger partial charge in [-0.1, -0.05) is 6.07 Å². The van der Waals surface area contributed by atoms with E-state index in [2.05, 4.69) is 26.1 Å². The molecular weight excluding hydrogens is 282 g/mol. The predicted octanol–water partition coefficient (Wildman–Crippen LogP) is 1.95. The number of halogens is 1. The summed E-state index contributed by atoms with van der Waals surface area (Å²) in [5.74, 6) is 0.0633. The fourth-order valence-electron chi connectivity index (χ4n) is 1.97. The van der Waals surface area contributed by atoms with Gasteiger partial charge in [-0.3, -0.25) is 4.79 Å². The first kappa shape index (κ1) is 12.4. The first-order chi connectivity index (χ1) is 8.22. The van der Waals surface area contributed by atoms with Gasteiger partial charge in [-0.05, 0) is 41.0 Å². The number of benzene rings is 1. The van der Waals surface area contributed by atoms with Crippen LogP contribution in [0.1, 0.15) is 12.8 Å². The normalized spacial score (nSPS) is 15.2. The molecule has 0 saturated heterocycles. The summed E-state index contributed by atoms with van der Waals surface area (Å²) in [5, 5.41) is 2.94. The molecule has 0 saturated carbocycles. The van der Waals surface area contributed by atoms with E-state index in [-0.39, 0.29) is 5.91 Å². The summed E-state index contributed by atoms with van der Waals surface area (Å²) < 4.78 is 0.919. The Morgan fingerprint density at radius 3 is 3.06 bits per heavy atom. The fraction of sp³-hybridized carbons (Fsp3) is 0.417. The molecule has 0 radical (unpaired) electrons. The monoisotopic (exact) mass is 297 g/mol. The molecule has 92 valence electrons. The number of nitrogens with two attached hydrogens (primary N) is 1. The molecule has 3 N–H and O–H groups in total. The Morgan fingerprint density at radius 1 is 1.47 bits per heavy atom. The molecule has 0 spiro atoms. The maximum absolute atomic E-state index is 11.6. The number of nitrogens with one attached hydrogen (secondary N) is 1. The van der Waals surface area contributed by atoms with E-state index in [0.29, 0.717) is 13.0 Å². The summed E-state index contributed by atoms with van der Waals surface area (Å²) in [7, 11) is 0. The second-order valence-electron chi connectivity index (χ2n) is 4.06. The second-order valence-corrected chi connectivity index (χ2v) is 4.92. The smallest absolute Gasteiger partial charge is 0.226 e. The predicted molar refractivity (Wildman–Crippen MR) is 73.3 cm³/mol. The Bertz CT molecular complexity index is 422. The van der Waals surface area contributed by atoms with E-state index >= 15 is 0 Å². The van der Waals surface area contributed by atoms with Crippen molar-refractivity contribution >= 4 is 33.2 Å². The number of rotatable bonds is 3. The van der Waals surface area contributed by atoms with E-state index in [0.717, 1.165) is 35.4 Å². The number of anilines is 2. The zero-order valence-electron chi connectivity index (χ0n) is 9.58. The van der Waals surface area contributed by atoms with Crippen LogP contribution in [0, 0.1) is 0 Å². The first-order valence-electron chi connectivity index (χ1n) is 5.75. The fourth-order valence-corrected chi connectivity index (χ4v) is 2.43. The van der Waals surface area contributed by atoms with Crippen molar-refractivity contribution in [3.8, 4) is 0 Å². The Labute approximate surface area is 109 Å². The molecule has 1 aromatic rings. The first-order valence-corrected chi connectivity index (χ1v) is 6.55. The van der Waals surface area contributed by atoms with Gasteiger partial charge < -0.3 is 16.0 Å². The number of para-hydroxylation sites is 1. The molecule has 0 aromatic heterocycles. The molecule has 0 fully saturated rings. The molecule has 1 aromatic carbocycles. The highest BCUT2D eigenvalue weighted by Gasteiger charge is 2.20.